The second-order valence-corrected chi connectivity index (χ2v) is 5.43. The number of rotatable bonds is 4. The number of para-hydroxylation sites is 1. The summed E-state index contributed by atoms with van der Waals surface area (Å²) in [6.07, 6.45) is 3.87. The molecule has 0 fully saturated rings. The molecule has 0 saturated heterocycles. The quantitative estimate of drug-likeness (QED) is 0.808. The lowest BCUT2D eigenvalue weighted by atomic mass is 9.93. The molecule has 0 bridgehead atoms. The first-order valence-corrected chi connectivity index (χ1v) is 7.46. The van der Waals surface area contributed by atoms with Crippen molar-refractivity contribution in [2.24, 2.45) is 0 Å². The van der Waals surface area contributed by atoms with Gasteiger partial charge in [-0.15, -0.1) is 0 Å². The minimum atomic E-state index is 0.582. The molecule has 0 saturated carbocycles. The summed E-state index contributed by atoms with van der Waals surface area (Å²) in [6.45, 7) is 1.29. The number of nitrogens with zero attached hydrogens (tertiary/aromatic N) is 1. The summed E-state index contributed by atoms with van der Waals surface area (Å²) < 4.78 is 5.95. The van der Waals surface area contributed by atoms with Crippen LogP contribution in [0.2, 0.25) is 0 Å². The average Bonchev–Trinajstić information content (AvgIpc) is 2.72. The molecule has 0 N–H and O–H groups in total. The number of amides is 1. The van der Waals surface area contributed by atoms with Crippen molar-refractivity contribution in [3.8, 4) is 5.75 Å². The monoisotopic (exact) mass is 293 g/mol. The second kappa shape index (κ2) is 6.48. The minimum absolute atomic E-state index is 0.582. The molecule has 0 radical (unpaired) electrons. The maximum Gasteiger partial charge on any atom is 0.209 e. The Bertz CT molecular complexity index is 657. The van der Waals surface area contributed by atoms with Crippen LogP contribution in [0.25, 0.3) is 5.57 Å². The average molecular weight is 293 g/mol. The lowest BCUT2D eigenvalue weighted by molar-refractivity contribution is -0.116. The molecule has 1 aliphatic heterocycles. The summed E-state index contributed by atoms with van der Waals surface area (Å²) in [5.41, 5.74) is 4.69. The smallest absolute Gasteiger partial charge is 0.209 e. The van der Waals surface area contributed by atoms with Crippen molar-refractivity contribution in [3.05, 3.63) is 71.3 Å². The molecule has 22 heavy (non-hydrogen) atoms. The largest absolute Gasteiger partial charge is 0.488 e. The summed E-state index contributed by atoms with van der Waals surface area (Å²) in [6, 6.07) is 16.4. The molecule has 1 heterocycles. The van der Waals surface area contributed by atoms with Crippen molar-refractivity contribution in [2.45, 2.75) is 13.0 Å². The molecular formula is C19H19NO2. The fraction of sp³-hybridized carbons (Fsp3) is 0.211. The molecule has 2 aromatic carbocycles. The van der Waals surface area contributed by atoms with Crippen LogP contribution < -0.4 is 4.74 Å². The van der Waals surface area contributed by atoms with Crippen LogP contribution in [-0.4, -0.2) is 24.9 Å². The van der Waals surface area contributed by atoms with Crippen LogP contribution in [-0.2, 0) is 11.4 Å². The molecular weight excluding hydrogens is 274 g/mol. The van der Waals surface area contributed by atoms with Crippen molar-refractivity contribution in [2.75, 3.05) is 13.6 Å². The third kappa shape index (κ3) is 2.89. The van der Waals surface area contributed by atoms with E-state index in [9.17, 15) is 4.79 Å². The Kier molecular flexibility index (Phi) is 4.24. The number of benzene rings is 2. The molecule has 0 aliphatic carbocycles. The molecule has 112 valence electrons. The van der Waals surface area contributed by atoms with Gasteiger partial charge in [-0.2, -0.15) is 0 Å². The van der Waals surface area contributed by atoms with Gasteiger partial charge in [-0.1, -0.05) is 48.5 Å². The van der Waals surface area contributed by atoms with Gasteiger partial charge in [-0.05, 0) is 29.2 Å². The summed E-state index contributed by atoms with van der Waals surface area (Å²) in [7, 11) is 1.80. The van der Waals surface area contributed by atoms with E-state index in [1.807, 2.05) is 24.3 Å². The Labute approximate surface area is 130 Å². The van der Waals surface area contributed by atoms with Gasteiger partial charge in [0.1, 0.15) is 12.4 Å². The summed E-state index contributed by atoms with van der Waals surface area (Å²) in [4.78, 5) is 12.4. The number of fused-ring (bicyclic) bond motifs is 2. The van der Waals surface area contributed by atoms with Crippen molar-refractivity contribution < 1.29 is 9.53 Å². The van der Waals surface area contributed by atoms with E-state index >= 15 is 0 Å². The van der Waals surface area contributed by atoms with Gasteiger partial charge in [0.15, 0.2) is 0 Å². The Morgan fingerprint density at radius 1 is 1.09 bits per heavy atom. The van der Waals surface area contributed by atoms with Crippen LogP contribution >= 0.6 is 0 Å². The van der Waals surface area contributed by atoms with Crippen LogP contribution in [0, 0.1) is 0 Å². The van der Waals surface area contributed by atoms with E-state index in [1.165, 1.54) is 16.7 Å². The number of hydrogen-bond donors (Lipinski definition) is 0. The molecule has 0 atom stereocenters. The van der Waals surface area contributed by atoms with E-state index in [0.29, 0.717) is 13.2 Å². The fourth-order valence-corrected chi connectivity index (χ4v) is 2.71. The zero-order valence-electron chi connectivity index (χ0n) is 12.7. The van der Waals surface area contributed by atoms with Crippen LogP contribution in [0.5, 0.6) is 5.75 Å². The van der Waals surface area contributed by atoms with Crippen LogP contribution in [0.3, 0.4) is 0 Å². The Balaban J connectivity index is 2.02. The van der Waals surface area contributed by atoms with Crippen molar-refractivity contribution in [1.29, 1.82) is 0 Å². The standard InChI is InChI=1S/C19H19NO2/c1-20(14-21)12-6-10-17-16-8-3-2-7-15(16)13-22-19-11-5-4-9-18(17)19/h2-5,7-11,14H,6,12-13H2,1H3/b17-10+. The van der Waals surface area contributed by atoms with E-state index in [-0.39, 0.29) is 0 Å². The molecule has 3 rings (SSSR count). The summed E-state index contributed by atoms with van der Waals surface area (Å²) >= 11 is 0. The van der Waals surface area contributed by atoms with Gasteiger partial charge in [-0.25, -0.2) is 0 Å². The highest BCUT2D eigenvalue weighted by Crippen LogP contribution is 2.36. The highest BCUT2D eigenvalue weighted by Gasteiger charge is 2.17. The van der Waals surface area contributed by atoms with Gasteiger partial charge in [0.2, 0.25) is 6.41 Å². The first-order chi connectivity index (χ1) is 10.8. The minimum Gasteiger partial charge on any atom is -0.488 e. The maximum atomic E-state index is 10.7. The van der Waals surface area contributed by atoms with Crippen LogP contribution in [0.4, 0.5) is 0 Å². The third-order valence-corrected chi connectivity index (χ3v) is 3.88. The van der Waals surface area contributed by atoms with E-state index in [4.69, 9.17) is 4.74 Å². The lowest BCUT2D eigenvalue weighted by Gasteiger charge is -2.12. The molecule has 3 nitrogen and oxygen atoms in total. The van der Waals surface area contributed by atoms with Gasteiger partial charge >= 0.3 is 0 Å². The fourth-order valence-electron chi connectivity index (χ4n) is 2.71. The summed E-state index contributed by atoms with van der Waals surface area (Å²) in [5.74, 6) is 0.911. The second-order valence-electron chi connectivity index (χ2n) is 5.43. The van der Waals surface area contributed by atoms with E-state index in [0.717, 1.165) is 24.1 Å². The first-order valence-electron chi connectivity index (χ1n) is 7.46. The van der Waals surface area contributed by atoms with E-state index in [2.05, 4.69) is 30.3 Å². The van der Waals surface area contributed by atoms with Gasteiger partial charge in [-0.3, -0.25) is 4.79 Å². The normalized spacial score (nSPS) is 14.5. The zero-order chi connectivity index (χ0) is 15.4. The van der Waals surface area contributed by atoms with Gasteiger partial charge in [0, 0.05) is 19.2 Å². The maximum absolute atomic E-state index is 10.7. The highest BCUT2D eigenvalue weighted by atomic mass is 16.5. The Morgan fingerprint density at radius 2 is 1.82 bits per heavy atom. The Morgan fingerprint density at radius 3 is 2.64 bits per heavy atom. The first kappa shape index (κ1) is 14.4. The molecule has 1 aliphatic rings. The highest BCUT2D eigenvalue weighted by molar-refractivity contribution is 5.84. The Hall–Kier alpha value is -2.55. The number of hydrogen-bond acceptors (Lipinski definition) is 2. The molecule has 3 heteroatoms. The third-order valence-electron chi connectivity index (χ3n) is 3.88. The van der Waals surface area contributed by atoms with E-state index in [1.54, 1.807) is 11.9 Å². The molecule has 0 unspecified atom stereocenters. The molecule has 0 spiro atoms. The summed E-state index contributed by atoms with van der Waals surface area (Å²) in [5, 5.41) is 0. The topological polar surface area (TPSA) is 29.5 Å². The number of ether oxygens (including phenoxy) is 1. The predicted octanol–water partition coefficient (Wildman–Crippen LogP) is 3.49. The van der Waals surface area contributed by atoms with Gasteiger partial charge in [0.25, 0.3) is 0 Å². The molecule has 1 amide bonds. The lowest BCUT2D eigenvalue weighted by Crippen LogP contribution is -2.16. The van der Waals surface area contributed by atoms with Crippen LogP contribution in [0.15, 0.2) is 54.6 Å². The van der Waals surface area contributed by atoms with Crippen molar-refractivity contribution >= 4 is 12.0 Å². The van der Waals surface area contributed by atoms with Crippen LogP contribution in [0.1, 0.15) is 23.1 Å². The predicted molar refractivity (Wildman–Crippen MR) is 87.6 cm³/mol. The SMILES string of the molecule is CN(C=O)CC/C=C1\c2ccccc2COc2ccccc21. The van der Waals surface area contributed by atoms with Crippen molar-refractivity contribution in [3.63, 3.8) is 0 Å². The number of carbonyl (C=O) groups excluding carboxylic acids is 1. The zero-order valence-corrected chi connectivity index (χ0v) is 12.7. The van der Waals surface area contributed by atoms with Gasteiger partial charge < -0.3 is 9.64 Å². The van der Waals surface area contributed by atoms with Crippen molar-refractivity contribution in [1.82, 2.24) is 4.90 Å². The van der Waals surface area contributed by atoms with Gasteiger partial charge in [0.05, 0.1) is 0 Å². The van der Waals surface area contributed by atoms with E-state index < -0.39 is 0 Å². The molecule has 0 aromatic heterocycles. The number of carbonyl (C=O) groups is 1. The molecule has 2 aromatic rings.